The minimum Gasteiger partial charge on any atom is -0.397 e. The van der Waals surface area contributed by atoms with Gasteiger partial charge in [0.25, 0.3) is 0 Å². The van der Waals surface area contributed by atoms with Gasteiger partial charge < -0.3 is 5.73 Å². The highest BCUT2D eigenvalue weighted by Crippen LogP contribution is 2.12. The van der Waals surface area contributed by atoms with Gasteiger partial charge in [-0.15, -0.1) is 0 Å². The third-order valence-corrected chi connectivity index (χ3v) is 5.11. The Balaban J connectivity index is 1.89. The van der Waals surface area contributed by atoms with Gasteiger partial charge in [0.1, 0.15) is 0 Å². The number of aromatic nitrogens is 1. The van der Waals surface area contributed by atoms with Crippen LogP contribution in [0.15, 0.2) is 18.3 Å². The third-order valence-electron chi connectivity index (χ3n) is 3.31. The maximum atomic E-state index is 11.5. The first kappa shape index (κ1) is 13.3. The average molecular weight is 269 g/mol. The van der Waals surface area contributed by atoms with Gasteiger partial charge in [0, 0.05) is 31.2 Å². The second-order valence-corrected chi connectivity index (χ2v) is 7.06. The SMILES string of the molecule is CC1CS(=O)(=O)CCN1CCc1ccc(N)cn1. The second kappa shape index (κ2) is 5.24. The highest BCUT2D eigenvalue weighted by Gasteiger charge is 2.27. The lowest BCUT2D eigenvalue weighted by Crippen LogP contribution is -2.47. The molecule has 1 atom stereocenters. The highest BCUT2D eigenvalue weighted by atomic mass is 32.2. The van der Waals surface area contributed by atoms with E-state index in [1.54, 1.807) is 6.20 Å². The molecule has 5 nitrogen and oxygen atoms in total. The molecule has 1 saturated heterocycles. The molecule has 1 aliphatic rings. The maximum Gasteiger partial charge on any atom is 0.153 e. The Hall–Kier alpha value is -1.14. The number of nitrogen functional groups attached to an aromatic ring is 1. The van der Waals surface area contributed by atoms with Gasteiger partial charge in [0.2, 0.25) is 0 Å². The van der Waals surface area contributed by atoms with Crippen LogP contribution in [-0.2, 0) is 16.3 Å². The zero-order valence-electron chi connectivity index (χ0n) is 10.5. The summed E-state index contributed by atoms with van der Waals surface area (Å²) in [6.45, 7) is 3.43. The molecule has 1 fully saturated rings. The summed E-state index contributed by atoms with van der Waals surface area (Å²) in [5, 5.41) is 0. The molecular formula is C12H19N3O2S. The van der Waals surface area contributed by atoms with E-state index in [9.17, 15) is 8.42 Å². The lowest BCUT2D eigenvalue weighted by Gasteiger charge is -2.32. The fourth-order valence-electron chi connectivity index (χ4n) is 2.21. The maximum absolute atomic E-state index is 11.5. The van der Waals surface area contributed by atoms with Crippen molar-refractivity contribution < 1.29 is 8.42 Å². The first-order valence-electron chi connectivity index (χ1n) is 6.11. The molecule has 0 aromatic carbocycles. The summed E-state index contributed by atoms with van der Waals surface area (Å²) in [4.78, 5) is 6.45. The molecule has 1 unspecified atom stereocenters. The average Bonchev–Trinajstić information content (AvgIpc) is 2.29. The summed E-state index contributed by atoms with van der Waals surface area (Å²) < 4.78 is 22.9. The lowest BCUT2D eigenvalue weighted by molar-refractivity contribution is 0.229. The fourth-order valence-corrected chi connectivity index (χ4v) is 3.83. The van der Waals surface area contributed by atoms with Gasteiger partial charge in [0.15, 0.2) is 9.84 Å². The minimum absolute atomic E-state index is 0.0949. The molecule has 0 saturated carbocycles. The smallest absolute Gasteiger partial charge is 0.153 e. The second-order valence-electron chi connectivity index (χ2n) is 4.83. The quantitative estimate of drug-likeness (QED) is 0.855. The molecule has 2 N–H and O–H groups in total. The van der Waals surface area contributed by atoms with Gasteiger partial charge in [-0.1, -0.05) is 0 Å². The summed E-state index contributed by atoms with van der Waals surface area (Å²) in [7, 11) is -2.83. The number of hydrogen-bond acceptors (Lipinski definition) is 5. The number of nitrogens with zero attached hydrogens (tertiary/aromatic N) is 2. The van der Waals surface area contributed by atoms with Crippen molar-refractivity contribution in [2.24, 2.45) is 0 Å². The molecule has 1 aromatic rings. The summed E-state index contributed by atoms with van der Waals surface area (Å²) in [6.07, 6.45) is 2.48. The molecule has 0 radical (unpaired) electrons. The Morgan fingerprint density at radius 1 is 1.50 bits per heavy atom. The van der Waals surface area contributed by atoms with E-state index in [-0.39, 0.29) is 17.5 Å². The van der Waals surface area contributed by atoms with Crippen molar-refractivity contribution in [3.05, 3.63) is 24.0 Å². The van der Waals surface area contributed by atoms with Crippen molar-refractivity contribution >= 4 is 15.5 Å². The van der Waals surface area contributed by atoms with Crippen LogP contribution in [0.2, 0.25) is 0 Å². The first-order valence-corrected chi connectivity index (χ1v) is 7.93. The van der Waals surface area contributed by atoms with E-state index in [0.717, 1.165) is 18.7 Å². The highest BCUT2D eigenvalue weighted by molar-refractivity contribution is 7.91. The lowest BCUT2D eigenvalue weighted by atomic mass is 10.2. The Morgan fingerprint density at radius 2 is 2.28 bits per heavy atom. The number of anilines is 1. The molecule has 0 bridgehead atoms. The molecule has 2 rings (SSSR count). The Labute approximate surface area is 108 Å². The van der Waals surface area contributed by atoms with Crippen LogP contribution >= 0.6 is 0 Å². The Bertz CT molecular complexity index is 499. The summed E-state index contributed by atoms with van der Waals surface area (Å²) in [6, 6.07) is 3.85. The van der Waals surface area contributed by atoms with E-state index in [1.165, 1.54) is 0 Å². The van der Waals surface area contributed by atoms with Crippen LogP contribution in [0.25, 0.3) is 0 Å². The molecule has 2 heterocycles. The van der Waals surface area contributed by atoms with Gasteiger partial charge >= 0.3 is 0 Å². The molecule has 0 spiro atoms. The van der Waals surface area contributed by atoms with Gasteiger partial charge in [-0.05, 0) is 19.1 Å². The zero-order valence-corrected chi connectivity index (χ0v) is 11.4. The number of sulfone groups is 1. The van der Waals surface area contributed by atoms with E-state index in [4.69, 9.17) is 5.73 Å². The Morgan fingerprint density at radius 3 is 2.89 bits per heavy atom. The molecule has 0 aliphatic carbocycles. The standard InChI is InChI=1S/C12H19N3O2S/c1-10-9-18(16,17)7-6-15(10)5-4-12-3-2-11(13)8-14-12/h2-3,8,10H,4-7,9,13H2,1H3. The van der Waals surface area contributed by atoms with Crippen molar-refractivity contribution in [2.45, 2.75) is 19.4 Å². The number of rotatable bonds is 3. The zero-order chi connectivity index (χ0) is 13.2. The van der Waals surface area contributed by atoms with Crippen LogP contribution in [-0.4, -0.2) is 48.9 Å². The van der Waals surface area contributed by atoms with Gasteiger partial charge in [-0.3, -0.25) is 9.88 Å². The van der Waals surface area contributed by atoms with E-state index in [2.05, 4.69) is 9.88 Å². The predicted molar refractivity (Wildman–Crippen MR) is 72.0 cm³/mol. The monoisotopic (exact) mass is 269 g/mol. The fraction of sp³-hybridized carbons (Fsp3) is 0.583. The Kier molecular flexibility index (Phi) is 3.87. The first-order chi connectivity index (χ1) is 8.46. The van der Waals surface area contributed by atoms with Crippen LogP contribution in [0.5, 0.6) is 0 Å². The van der Waals surface area contributed by atoms with Gasteiger partial charge in [0.05, 0.1) is 23.4 Å². The number of pyridine rings is 1. The molecule has 0 amide bonds. The van der Waals surface area contributed by atoms with Crippen molar-refractivity contribution in [3.63, 3.8) is 0 Å². The van der Waals surface area contributed by atoms with Crippen LogP contribution in [0.4, 0.5) is 5.69 Å². The molecular weight excluding hydrogens is 250 g/mol. The van der Waals surface area contributed by atoms with Crippen molar-refractivity contribution in [2.75, 3.05) is 30.3 Å². The van der Waals surface area contributed by atoms with E-state index in [1.807, 2.05) is 19.1 Å². The van der Waals surface area contributed by atoms with Gasteiger partial charge in [-0.2, -0.15) is 0 Å². The third kappa shape index (κ3) is 3.43. The normalized spacial score (nSPS) is 23.9. The van der Waals surface area contributed by atoms with E-state index < -0.39 is 9.84 Å². The van der Waals surface area contributed by atoms with Crippen LogP contribution in [0, 0.1) is 0 Å². The summed E-state index contributed by atoms with van der Waals surface area (Å²) in [5.41, 5.74) is 7.23. The summed E-state index contributed by atoms with van der Waals surface area (Å²) in [5.74, 6) is 0.536. The predicted octanol–water partition coefficient (Wildman–Crippen LogP) is 0.325. The van der Waals surface area contributed by atoms with E-state index >= 15 is 0 Å². The van der Waals surface area contributed by atoms with Crippen LogP contribution in [0.3, 0.4) is 0 Å². The molecule has 18 heavy (non-hydrogen) atoms. The number of hydrogen-bond donors (Lipinski definition) is 1. The topological polar surface area (TPSA) is 76.3 Å². The van der Waals surface area contributed by atoms with Crippen molar-refractivity contribution in [1.82, 2.24) is 9.88 Å². The summed E-state index contributed by atoms with van der Waals surface area (Å²) >= 11 is 0. The molecule has 1 aliphatic heterocycles. The van der Waals surface area contributed by atoms with Crippen LogP contribution in [0.1, 0.15) is 12.6 Å². The van der Waals surface area contributed by atoms with Gasteiger partial charge in [-0.25, -0.2) is 8.42 Å². The molecule has 1 aromatic heterocycles. The molecule has 100 valence electrons. The van der Waals surface area contributed by atoms with E-state index in [0.29, 0.717) is 12.2 Å². The number of nitrogens with two attached hydrogens (primary N) is 1. The minimum atomic E-state index is -2.83. The van der Waals surface area contributed by atoms with Crippen molar-refractivity contribution in [1.29, 1.82) is 0 Å². The van der Waals surface area contributed by atoms with Crippen molar-refractivity contribution in [3.8, 4) is 0 Å². The molecule has 6 heteroatoms. The van der Waals surface area contributed by atoms with Crippen LogP contribution < -0.4 is 5.73 Å². The largest absolute Gasteiger partial charge is 0.397 e.